The molecule has 1 unspecified atom stereocenters. The fourth-order valence-electron chi connectivity index (χ4n) is 2.36. The van der Waals surface area contributed by atoms with E-state index in [-0.39, 0.29) is 17.1 Å². The normalized spacial score (nSPS) is 31.4. The molecule has 1 saturated heterocycles. The van der Waals surface area contributed by atoms with Crippen molar-refractivity contribution in [2.24, 2.45) is 0 Å². The van der Waals surface area contributed by atoms with Gasteiger partial charge in [-0.15, -0.1) is 0 Å². The number of fused-ring (bicyclic) bond motifs is 1. The molecular formula is C11H15N5O5. The van der Waals surface area contributed by atoms with E-state index in [1.807, 2.05) is 0 Å². The highest BCUT2D eigenvalue weighted by molar-refractivity contribution is 5.70. The van der Waals surface area contributed by atoms with Gasteiger partial charge in [-0.1, -0.05) is 0 Å². The number of methoxy groups -OCH3 is 1. The number of nitrogen functional groups attached to an aromatic ring is 1. The Morgan fingerprint density at radius 3 is 3.14 bits per heavy atom. The van der Waals surface area contributed by atoms with Gasteiger partial charge in [0.25, 0.3) is 5.56 Å². The van der Waals surface area contributed by atoms with Crippen LogP contribution < -0.4 is 11.3 Å². The molecule has 0 radical (unpaired) electrons. The van der Waals surface area contributed by atoms with Crippen LogP contribution in [0.15, 0.2) is 11.1 Å². The van der Waals surface area contributed by atoms with Crippen LogP contribution in [0.2, 0.25) is 0 Å². The Labute approximate surface area is 121 Å². The molecule has 1 fully saturated rings. The van der Waals surface area contributed by atoms with Gasteiger partial charge < -0.3 is 25.4 Å². The first-order valence-corrected chi connectivity index (χ1v) is 6.05. The van der Waals surface area contributed by atoms with Crippen molar-refractivity contribution in [1.82, 2.24) is 19.5 Å². The summed E-state index contributed by atoms with van der Waals surface area (Å²) in [6.07, 6.45) is -3.82. The van der Waals surface area contributed by atoms with Crippen LogP contribution in [0, 0.1) is 0 Å². The fourth-order valence-corrected chi connectivity index (χ4v) is 2.36. The summed E-state index contributed by atoms with van der Waals surface area (Å²) < 4.78 is 26.5. The Kier molecular flexibility index (Phi) is 2.81. The minimum atomic E-state index is -2.79. The number of aromatic amines is 1. The first kappa shape index (κ1) is 11.6. The molecule has 21 heavy (non-hydrogen) atoms. The summed E-state index contributed by atoms with van der Waals surface area (Å²) in [5, 5.41) is 19.6. The van der Waals surface area contributed by atoms with Gasteiger partial charge in [-0.2, -0.15) is 4.98 Å². The highest BCUT2D eigenvalue weighted by atomic mass is 16.6. The molecular weight excluding hydrogens is 282 g/mol. The Morgan fingerprint density at radius 2 is 2.48 bits per heavy atom. The van der Waals surface area contributed by atoms with Crippen LogP contribution in [-0.2, 0) is 9.47 Å². The number of nitrogens with zero attached hydrogens (tertiary/aromatic N) is 3. The molecule has 1 aliphatic heterocycles. The largest absolute Gasteiger partial charge is 0.394 e. The van der Waals surface area contributed by atoms with Crippen LogP contribution in [0.1, 0.15) is 8.97 Å². The zero-order chi connectivity index (χ0) is 16.9. The highest BCUT2D eigenvalue weighted by Crippen LogP contribution is 2.32. The quantitative estimate of drug-likeness (QED) is 0.507. The Bertz CT molecular complexity index is 787. The monoisotopic (exact) mass is 299 g/mol. The molecule has 2 aromatic heterocycles. The molecule has 0 saturated carbocycles. The summed E-state index contributed by atoms with van der Waals surface area (Å²) >= 11 is 0. The molecule has 0 amide bonds. The van der Waals surface area contributed by atoms with Crippen molar-refractivity contribution in [3.05, 3.63) is 16.7 Å². The molecule has 0 aromatic carbocycles. The number of rotatable bonds is 3. The number of aliphatic hydroxyl groups excluding tert-OH is 1. The number of ether oxygens (including phenoxy) is 2. The summed E-state index contributed by atoms with van der Waals surface area (Å²) in [5.41, 5.74) is 5.05. The van der Waals surface area contributed by atoms with Crippen molar-refractivity contribution >= 4 is 17.1 Å². The number of hydrogen-bond donors (Lipinski definition) is 4. The molecule has 3 heterocycles. The standard InChI is InChI=1S/C11H15N5O5/c1-20-7-6(18)4(2-17)21-10(7)16-3-13-5-8(16)14-11(12)15-9(5)19/h3-4,6-7,10,17-18H,2H2,1H3,(H3,12,14,15,19)/t4-,6+,7?,10-/m1/s1/i2D2. The average molecular weight is 299 g/mol. The molecule has 10 heteroatoms. The zero-order valence-electron chi connectivity index (χ0n) is 12.9. The first-order valence-electron chi connectivity index (χ1n) is 7.05. The maximum atomic E-state index is 11.8. The Balaban J connectivity index is 2.09. The van der Waals surface area contributed by atoms with E-state index in [2.05, 4.69) is 15.0 Å². The van der Waals surface area contributed by atoms with E-state index < -0.39 is 36.7 Å². The summed E-state index contributed by atoms with van der Waals surface area (Å²) in [5.74, 6) is -0.134. The lowest BCUT2D eigenvalue weighted by Gasteiger charge is -2.19. The minimum absolute atomic E-state index is 0.00241. The van der Waals surface area contributed by atoms with Crippen LogP contribution in [0.5, 0.6) is 0 Å². The molecule has 4 atom stereocenters. The van der Waals surface area contributed by atoms with E-state index in [0.717, 1.165) is 0 Å². The summed E-state index contributed by atoms with van der Waals surface area (Å²) in [6.45, 7) is -2.79. The highest BCUT2D eigenvalue weighted by Gasteiger charge is 2.45. The molecule has 1 aliphatic rings. The van der Waals surface area contributed by atoms with E-state index in [0.29, 0.717) is 0 Å². The van der Waals surface area contributed by atoms with Gasteiger partial charge in [0.15, 0.2) is 17.4 Å². The number of anilines is 1. The van der Waals surface area contributed by atoms with Gasteiger partial charge in [0, 0.05) is 7.11 Å². The second kappa shape index (κ2) is 5.07. The van der Waals surface area contributed by atoms with Crippen molar-refractivity contribution in [1.29, 1.82) is 0 Å². The number of nitrogens with one attached hydrogen (secondary N) is 1. The average Bonchev–Trinajstić information content (AvgIpc) is 2.98. The lowest BCUT2D eigenvalue weighted by Crippen LogP contribution is -2.34. The predicted octanol–water partition coefficient (Wildman–Crippen LogP) is -2.03. The minimum Gasteiger partial charge on any atom is -0.394 e. The van der Waals surface area contributed by atoms with Gasteiger partial charge in [-0.25, -0.2) is 4.98 Å². The van der Waals surface area contributed by atoms with Crippen LogP contribution in [0.25, 0.3) is 11.2 Å². The van der Waals surface area contributed by atoms with Crippen molar-refractivity contribution < 1.29 is 22.4 Å². The number of aliphatic hydroxyl groups is 2. The Morgan fingerprint density at radius 1 is 1.71 bits per heavy atom. The van der Waals surface area contributed by atoms with E-state index in [9.17, 15) is 15.0 Å². The van der Waals surface area contributed by atoms with Gasteiger partial charge >= 0.3 is 0 Å². The van der Waals surface area contributed by atoms with Gasteiger partial charge in [0.1, 0.15) is 18.3 Å². The number of aromatic nitrogens is 4. The molecule has 3 rings (SSSR count). The van der Waals surface area contributed by atoms with Crippen LogP contribution in [-0.4, -0.2) is 61.7 Å². The number of H-pyrrole nitrogens is 1. The second-order valence-corrected chi connectivity index (χ2v) is 4.54. The van der Waals surface area contributed by atoms with Gasteiger partial charge in [0.05, 0.1) is 15.6 Å². The number of nitrogens with two attached hydrogens (primary N) is 1. The fraction of sp³-hybridized carbons (Fsp3) is 0.545. The van der Waals surface area contributed by atoms with Gasteiger partial charge in [-0.05, 0) is 0 Å². The number of imidazole rings is 1. The van der Waals surface area contributed by atoms with Gasteiger partial charge in [0.2, 0.25) is 5.95 Å². The lowest BCUT2D eigenvalue weighted by molar-refractivity contribution is -0.0583. The van der Waals surface area contributed by atoms with E-state index in [1.165, 1.54) is 18.0 Å². The molecule has 0 aliphatic carbocycles. The summed E-state index contributed by atoms with van der Waals surface area (Å²) in [6, 6.07) is 0. The maximum Gasteiger partial charge on any atom is 0.280 e. The third-order valence-corrected chi connectivity index (χ3v) is 3.34. The third kappa shape index (κ3) is 2.08. The maximum absolute atomic E-state index is 11.8. The zero-order valence-corrected chi connectivity index (χ0v) is 10.9. The lowest BCUT2D eigenvalue weighted by atomic mass is 10.1. The smallest absolute Gasteiger partial charge is 0.280 e. The molecule has 0 bridgehead atoms. The first-order chi connectivity index (χ1) is 10.7. The van der Waals surface area contributed by atoms with E-state index in [1.54, 1.807) is 0 Å². The van der Waals surface area contributed by atoms with Crippen LogP contribution in [0.3, 0.4) is 0 Å². The Hall–Kier alpha value is -2.01. The molecule has 114 valence electrons. The SMILES string of the molecule is [2H]C([2H])(O)[C@H]1O[C@@H](n2cnc3c(=O)[nH]c(N)nc32)C(OC)[C@H]1O. The summed E-state index contributed by atoms with van der Waals surface area (Å²) in [4.78, 5) is 22.0. The van der Waals surface area contributed by atoms with Crippen molar-refractivity contribution in [3.8, 4) is 0 Å². The molecule has 2 aromatic rings. The third-order valence-electron chi connectivity index (χ3n) is 3.34. The van der Waals surface area contributed by atoms with Crippen LogP contribution in [0.4, 0.5) is 5.95 Å². The van der Waals surface area contributed by atoms with Crippen molar-refractivity contribution in [2.45, 2.75) is 24.5 Å². The van der Waals surface area contributed by atoms with E-state index >= 15 is 0 Å². The number of hydrogen-bond acceptors (Lipinski definition) is 8. The van der Waals surface area contributed by atoms with Crippen molar-refractivity contribution in [2.75, 3.05) is 19.4 Å². The molecule has 10 nitrogen and oxygen atoms in total. The second-order valence-electron chi connectivity index (χ2n) is 4.54. The summed E-state index contributed by atoms with van der Waals surface area (Å²) in [7, 11) is 1.30. The van der Waals surface area contributed by atoms with Crippen LogP contribution >= 0.6 is 0 Å². The topological polar surface area (TPSA) is 149 Å². The molecule has 0 spiro atoms. The van der Waals surface area contributed by atoms with Crippen molar-refractivity contribution in [3.63, 3.8) is 0 Å². The van der Waals surface area contributed by atoms with E-state index in [4.69, 9.17) is 17.9 Å². The molecule has 5 N–H and O–H groups in total. The van der Waals surface area contributed by atoms with Gasteiger partial charge in [-0.3, -0.25) is 14.3 Å². The predicted molar refractivity (Wildman–Crippen MR) is 70.4 cm³/mol.